The van der Waals surface area contributed by atoms with Crippen LogP contribution in [0.15, 0.2) is 71.1 Å². The average molecular weight is 369 g/mol. The van der Waals surface area contributed by atoms with Crippen molar-refractivity contribution in [3.8, 4) is 6.01 Å². The summed E-state index contributed by atoms with van der Waals surface area (Å²) < 4.78 is 11.1. The first-order valence-electron chi connectivity index (χ1n) is 10.0. The molecular formula is C25H25N2O+. The van der Waals surface area contributed by atoms with Gasteiger partial charge in [0.2, 0.25) is 0 Å². The molecular weight excluding hydrogens is 344 g/mol. The van der Waals surface area contributed by atoms with Crippen molar-refractivity contribution < 1.29 is 8.98 Å². The molecule has 140 valence electrons. The van der Waals surface area contributed by atoms with E-state index in [0.29, 0.717) is 5.92 Å². The zero-order valence-corrected chi connectivity index (χ0v) is 16.8. The van der Waals surface area contributed by atoms with Crippen LogP contribution in [-0.2, 0) is 0 Å². The van der Waals surface area contributed by atoms with Gasteiger partial charge in [0.15, 0.2) is 11.1 Å². The van der Waals surface area contributed by atoms with Crippen molar-refractivity contribution in [3.63, 3.8) is 0 Å². The van der Waals surface area contributed by atoms with Crippen molar-refractivity contribution in [3.05, 3.63) is 72.3 Å². The minimum atomic E-state index is 0.279. The summed E-state index contributed by atoms with van der Waals surface area (Å²) in [5.41, 5.74) is 5.80. The zero-order valence-electron chi connectivity index (χ0n) is 16.8. The number of para-hydroxylation sites is 4. The van der Waals surface area contributed by atoms with Crippen LogP contribution in [-0.4, -0.2) is 4.57 Å². The lowest BCUT2D eigenvalue weighted by molar-refractivity contribution is -0.689. The van der Waals surface area contributed by atoms with E-state index in [4.69, 9.17) is 4.42 Å². The average Bonchev–Trinajstić information content (AvgIpc) is 3.23. The Bertz CT molecular complexity index is 1320. The number of oxazole rings is 1. The summed E-state index contributed by atoms with van der Waals surface area (Å²) in [7, 11) is 0. The van der Waals surface area contributed by atoms with E-state index in [1.165, 1.54) is 27.4 Å². The summed E-state index contributed by atoms with van der Waals surface area (Å²) >= 11 is 0. The third kappa shape index (κ3) is 2.32. The molecule has 0 bridgehead atoms. The Kier molecular flexibility index (Phi) is 3.80. The van der Waals surface area contributed by atoms with Crippen molar-refractivity contribution in [1.82, 2.24) is 4.57 Å². The van der Waals surface area contributed by atoms with Gasteiger partial charge in [0.25, 0.3) is 0 Å². The largest absolute Gasteiger partial charge is 0.468 e. The molecule has 0 radical (unpaired) electrons. The Morgan fingerprint density at radius 1 is 0.786 bits per heavy atom. The summed E-state index contributed by atoms with van der Waals surface area (Å²) in [5, 5.41) is 2.54. The highest BCUT2D eigenvalue weighted by Crippen LogP contribution is 2.36. The second-order valence-corrected chi connectivity index (χ2v) is 8.07. The predicted molar refractivity (Wildman–Crippen MR) is 115 cm³/mol. The lowest BCUT2D eigenvalue weighted by Crippen LogP contribution is -2.39. The molecule has 3 aromatic carbocycles. The van der Waals surface area contributed by atoms with Gasteiger partial charge in [-0.05, 0) is 50.1 Å². The Balaban J connectivity index is 2.02. The standard InChI is InChI=1S/C25H25N2O/c1-16(2)18-11-9-12-20-19-10-5-6-13-21(19)27(24(18)20)25-26(17(3)4)22-14-7-8-15-23(22)28-25/h5-17H,1-4H3/q+1. The molecule has 0 spiro atoms. The van der Waals surface area contributed by atoms with E-state index in [-0.39, 0.29) is 6.04 Å². The fourth-order valence-corrected chi connectivity index (χ4v) is 4.36. The maximum atomic E-state index is 6.48. The van der Waals surface area contributed by atoms with Gasteiger partial charge in [0.1, 0.15) is 11.0 Å². The second kappa shape index (κ2) is 6.23. The van der Waals surface area contributed by atoms with E-state index in [9.17, 15) is 0 Å². The van der Waals surface area contributed by atoms with Gasteiger partial charge in [0.05, 0.1) is 6.04 Å². The van der Waals surface area contributed by atoms with E-state index in [0.717, 1.165) is 17.1 Å². The molecule has 0 aliphatic rings. The second-order valence-electron chi connectivity index (χ2n) is 8.07. The highest BCUT2D eigenvalue weighted by molar-refractivity contribution is 6.10. The quantitative estimate of drug-likeness (QED) is 0.332. The van der Waals surface area contributed by atoms with Gasteiger partial charge >= 0.3 is 6.01 Å². The summed E-state index contributed by atoms with van der Waals surface area (Å²) in [4.78, 5) is 0. The third-order valence-corrected chi connectivity index (χ3v) is 5.59. The molecule has 0 aliphatic heterocycles. The van der Waals surface area contributed by atoms with Crippen molar-refractivity contribution in [2.45, 2.75) is 39.7 Å². The van der Waals surface area contributed by atoms with E-state index in [1.54, 1.807) is 0 Å². The number of fused-ring (bicyclic) bond motifs is 4. The molecule has 0 fully saturated rings. The summed E-state index contributed by atoms with van der Waals surface area (Å²) in [6, 6.07) is 24.7. The highest BCUT2D eigenvalue weighted by Gasteiger charge is 2.30. The van der Waals surface area contributed by atoms with Crippen LogP contribution in [0.1, 0.15) is 45.2 Å². The van der Waals surface area contributed by atoms with Gasteiger partial charge in [0, 0.05) is 16.3 Å². The molecule has 0 saturated carbocycles. The lowest BCUT2D eigenvalue weighted by Gasteiger charge is -2.09. The first-order chi connectivity index (χ1) is 13.6. The normalized spacial score (nSPS) is 12.2. The van der Waals surface area contributed by atoms with Gasteiger partial charge in [-0.25, -0.2) is 0 Å². The minimum Gasteiger partial charge on any atom is -0.387 e. The van der Waals surface area contributed by atoms with Crippen LogP contribution in [0.2, 0.25) is 0 Å². The maximum Gasteiger partial charge on any atom is 0.468 e. The van der Waals surface area contributed by atoms with Crippen LogP contribution in [0.25, 0.3) is 38.9 Å². The molecule has 0 unspecified atom stereocenters. The van der Waals surface area contributed by atoms with Gasteiger partial charge in [-0.2, -0.15) is 9.13 Å². The molecule has 5 rings (SSSR count). The van der Waals surface area contributed by atoms with Crippen LogP contribution in [0.4, 0.5) is 0 Å². The van der Waals surface area contributed by atoms with Crippen LogP contribution in [0.3, 0.4) is 0 Å². The molecule has 2 heterocycles. The predicted octanol–water partition coefficient (Wildman–Crippen LogP) is 6.52. The lowest BCUT2D eigenvalue weighted by atomic mass is 10.00. The van der Waals surface area contributed by atoms with Crippen molar-refractivity contribution >= 4 is 32.9 Å². The molecule has 0 atom stereocenters. The molecule has 0 aliphatic carbocycles. The molecule has 5 aromatic rings. The molecule has 0 saturated heterocycles. The van der Waals surface area contributed by atoms with E-state index in [1.807, 2.05) is 6.07 Å². The number of hydrogen-bond donors (Lipinski definition) is 0. The van der Waals surface area contributed by atoms with Crippen molar-refractivity contribution in [2.75, 3.05) is 0 Å². The molecule has 28 heavy (non-hydrogen) atoms. The van der Waals surface area contributed by atoms with Gasteiger partial charge < -0.3 is 4.42 Å². The Morgan fingerprint density at radius 3 is 2.29 bits per heavy atom. The SMILES string of the molecule is CC(C)c1cccc2c3ccccc3n(-c3oc4ccccc4[n+]3C(C)C)c12. The number of hydrogen-bond acceptors (Lipinski definition) is 1. The first-order valence-corrected chi connectivity index (χ1v) is 10.0. The number of rotatable bonds is 3. The summed E-state index contributed by atoms with van der Waals surface area (Å²) in [6.07, 6.45) is 0. The number of aromatic nitrogens is 2. The molecule has 0 amide bonds. The first kappa shape index (κ1) is 17.1. The van der Waals surface area contributed by atoms with Gasteiger partial charge in [-0.15, -0.1) is 0 Å². The molecule has 0 N–H and O–H groups in total. The monoisotopic (exact) mass is 369 g/mol. The van der Waals surface area contributed by atoms with Crippen LogP contribution in [0.5, 0.6) is 0 Å². The third-order valence-electron chi connectivity index (χ3n) is 5.59. The Hall–Kier alpha value is -3.07. The molecule has 3 nitrogen and oxygen atoms in total. The van der Waals surface area contributed by atoms with Crippen LogP contribution in [0, 0.1) is 0 Å². The minimum absolute atomic E-state index is 0.279. The van der Waals surface area contributed by atoms with Crippen molar-refractivity contribution in [2.24, 2.45) is 0 Å². The summed E-state index contributed by atoms with van der Waals surface area (Å²) in [5.74, 6) is 0.420. The van der Waals surface area contributed by atoms with E-state index >= 15 is 0 Å². The summed E-state index contributed by atoms with van der Waals surface area (Å²) in [6.45, 7) is 8.93. The number of benzene rings is 3. The van der Waals surface area contributed by atoms with E-state index in [2.05, 4.69) is 97.5 Å². The fourth-order valence-electron chi connectivity index (χ4n) is 4.36. The Labute approximate surface area is 164 Å². The highest BCUT2D eigenvalue weighted by atomic mass is 16.4. The van der Waals surface area contributed by atoms with Crippen LogP contribution >= 0.6 is 0 Å². The molecule has 2 aromatic heterocycles. The molecule has 3 heteroatoms. The fraction of sp³-hybridized carbons (Fsp3) is 0.240. The van der Waals surface area contributed by atoms with Gasteiger partial charge in [-0.3, -0.25) is 0 Å². The number of nitrogens with zero attached hydrogens (tertiary/aromatic N) is 2. The topological polar surface area (TPSA) is 21.9 Å². The van der Waals surface area contributed by atoms with Crippen molar-refractivity contribution in [1.29, 1.82) is 0 Å². The Morgan fingerprint density at radius 2 is 1.50 bits per heavy atom. The van der Waals surface area contributed by atoms with Crippen LogP contribution < -0.4 is 4.57 Å². The van der Waals surface area contributed by atoms with Gasteiger partial charge in [-0.1, -0.05) is 50.2 Å². The smallest absolute Gasteiger partial charge is 0.387 e. The van der Waals surface area contributed by atoms with E-state index < -0.39 is 0 Å². The maximum absolute atomic E-state index is 6.48. The zero-order chi connectivity index (χ0) is 19.4.